The van der Waals surface area contributed by atoms with Crippen molar-refractivity contribution in [3.63, 3.8) is 0 Å². The standard InChI is InChI=1S/C25H21NO2S/c26-21-9-4-5-11-24(21)29-25(23-10-6-16-28-23)17-22(27)20-14-12-19(13-15-20)18-7-2-1-3-8-18/h1-16,25H,17,26H2/t25-/m0/s1. The van der Waals surface area contributed by atoms with E-state index in [-0.39, 0.29) is 11.0 Å². The minimum Gasteiger partial charge on any atom is -0.468 e. The van der Waals surface area contributed by atoms with Crippen LogP contribution in [0.2, 0.25) is 0 Å². The van der Waals surface area contributed by atoms with Gasteiger partial charge in [0.2, 0.25) is 0 Å². The summed E-state index contributed by atoms with van der Waals surface area (Å²) < 4.78 is 5.61. The fourth-order valence-corrected chi connectivity index (χ4v) is 4.33. The van der Waals surface area contributed by atoms with Crippen molar-refractivity contribution >= 4 is 23.2 Å². The van der Waals surface area contributed by atoms with Crippen LogP contribution in [-0.2, 0) is 0 Å². The van der Waals surface area contributed by atoms with E-state index >= 15 is 0 Å². The topological polar surface area (TPSA) is 56.2 Å². The minimum atomic E-state index is -0.143. The summed E-state index contributed by atoms with van der Waals surface area (Å²) in [5, 5.41) is -0.143. The largest absolute Gasteiger partial charge is 0.468 e. The molecule has 4 rings (SSSR count). The van der Waals surface area contributed by atoms with Crippen LogP contribution in [0.1, 0.15) is 27.8 Å². The summed E-state index contributed by atoms with van der Waals surface area (Å²) in [4.78, 5) is 13.9. The number of thioether (sulfide) groups is 1. The average molecular weight is 400 g/mol. The van der Waals surface area contributed by atoms with Gasteiger partial charge in [0.15, 0.2) is 5.78 Å². The van der Waals surface area contributed by atoms with E-state index < -0.39 is 0 Å². The Morgan fingerprint density at radius 3 is 2.21 bits per heavy atom. The predicted octanol–water partition coefficient (Wildman–Crippen LogP) is 6.64. The van der Waals surface area contributed by atoms with Gasteiger partial charge in [-0.1, -0.05) is 66.7 Å². The van der Waals surface area contributed by atoms with Crippen molar-refractivity contribution in [1.29, 1.82) is 0 Å². The lowest BCUT2D eigenvalue weighted by atomic mass is 10.0. The fraction of sp³-hybridized carbons (Fsp3) is 0.0800. The van der Waals surface area contributed by atoms with Crippen molar-refractivity contribution in [3.8, 4) is 11.1 Å². The summed E-state index contributed by atoms with van der Waals surface area (Å²) in [6, 6.07) is 29.3. The maximum atomic E-state index is 13.0. The van der Waals surface area contributed by atoms with E-state index in [2.05, 4.69) is 12.1 Å². The van der Waals surface area contributed by atoms with Gasteiger partial charge in [-0.2, -0.15) is 0 Å². The number of nitrogens with two attached hydrogens (primary N) is 1. The lowest BCUT2D eigenvalue weighted by molar-refractivity contribution is 0.0980. The Balaban J connectivity index is 1.53. The second-order valence-corrected chi connectivity index (χ2v) is 7.97. The van der Waals surface area contributed by atoms with E-state index in [9.17, 15) is 4.79 Å². The highest BCUT2D eigenvalue weighted by atomic mass is 32.2. The SMILES string of the molecule is Nc1ccccc1S[C@@H](CC(=O)c1ccc(-c2ccccc2)cc1)c1ccco1. The van der Waals surface area contributed by atoms with Gasteiger partial charge in [-0.15, -0.1) is 11.8 Å². The average Bonchev–Trinajstić information content (AvgIpc) is 3.30. The zero-order valence-electron chi connectivity index (χ0n) is 15.8. The summed E-state index contributed by atoms with van der Waals surface area (Å²) in [6.07, 6.45) is 1.97. The lowest BCUT2D eigenvalue weighted by Gasteiger charge is -2.15. The van der Waals surface area contributed by atoms with Crippen molar-refractivity contribution in [1.82, 2.24) is 0 Å². The summed E-state index contributed by atoms with van der Waals surface area (Å²) in [5.41, 5.74) is 9.73. The molecule has 4 heteroatoms. The molecule has 0 radical (unpaired) electrons. The van der Waals surface area contributed by atoms with Crippen molar-refractivity contribution in [2.24, 2.45) is 0 Å². The Hall–Kier alpha value is -3.24. The Morgan fingerprint density at radius 1 is 0.828 bits per heavy atom. The second-order valence-electron chi connectivity index (χ2n) is 6.73. The maximum absolute atomic E-state index is 13.0. The van der Waals surface area contributed by atoms with Crippen molar-refractivity contribution < 1.29 is 9.21 Å². The highest BCUT2D eigenvalue weighted by Gasteiger charge is 2.22. The quantitative estimate of drug-likeness (QED) is 0.215. The highest BCUT2D eigenvalue weighted by Crippen LogP contribution is 2.41. The first-order valence-electron chi connectivity index (χ1n) is 9.44. The van der Waals surface area contributed by atoms with E-state index in [1.807, 2.05) is 78.9 Å². The number of Topliss-reactive ketones (excluding diaryl/α,β-unsaturated/α-hetero) is 1. The third-order valence-corrected chi connectivity index (χ3v) is 6.04. The van der Waals surface area contributed by atoms with Crippen LogP contribution in [0.3, 0.4) is 0 Å². The normalized spacial score (nSPS) is 11.9. The van der Waals surface area contributed by atoms with Crippen molar-refractivity contribution in [2.75, 3.05) is 5.73 Å². The van der Waals surface area contributed by atoms with Crippen LogP contribution in [0, 0.1) is 0 Å². The van der Waals surface area contributed by atoms with Gasteiger partial charge in [0.05, 0.1) is 11.5 Å². The molecular weight excluding hydrogens is 378 g/mol. The minimum absolute atomic E-state index is 0.0769. The molecule has 3 nitrogen and oxygen atoms in total. The molecule has 0 bridgehead atoms. The molecule has 144 valence electrons. The second kappa shape index (κ2) is 8.84. The molecule has 0 aliphatic rings. The molecule has 4 aromatic rings. The molecule has 0 saturated carbocycles. The van der Waals surface area contributed by atoms with E-state index in [1.165, 1.54) is 0 Å². The smallest absolute Gasteiger partial charge is 0.164 e. The Morgan fingerprint density at radius 2 is 1.52 bits per heavy atom. The number of carbonyl (C=O) groups is 1. The number of furan rings is 1. The van der Waals surface area contributed by atoms with Crippen LogP contribution < -0.4 is 5.73 Å². The molecule has 3 aromatic carbocycles. The number of benzene rings is 3. The lowest BCUT2D eigenvalue weighted by Crippen LogP contribution is -2.05. The van der Waals surface area contributed by atoms with Gasteiger partial charge in [-0.05, 0) is 35.4 Å². The van der Waals surface area contributed by atoms with E-state index in [0.717, 1.165) is 21.8 Å². The number of para-hydroxylation sites is 1. The summed E-state index contributed by atoms with van der Waals surface area (Å²) in [5.74, 6) is 0.848. The fourth-order valence-electron chi connectivity index (χ4n) is 3.18. The van der Waals surface area contributed by atoms with Crippen LogP contribution in [0.25, 0.3) is 11.1 Å². The third kappa shape index (κ3) is 4.61. The van der Waals surface area contributed by atoms with Crippen LogP contribution in [-0.4, -0.2) is 5.78 Å². The number of nitrogen functional groups attached to an aromatic ring is 1. The van der Waals surface area contributed by atoms with Gasteiger partial charge < -0.3 is 10.2 Å². The first-order chi connectivity index (χ1) is 14.2. The van der Waals surface area contributed by atoms with E-state index in [0.29, 0.717) is 17.7 Å². The van der Waals surface area contributed by atoms with Gasteiger partial charge in [0.25, 0.3) is 0 Å². The van der Waals surface area contributed by atoms with Crippen molar-refractivity contribution in [2.45, 2.75) is 16.6 Å². The molecule has 1 atom stereocenters. The highest BCUT2D eigenvalue weighted by molar-refractivity contribution is 7.99. The van der Waals surface area contributed by atoms with Gasteiger partial charge >= 0.3 is 0 Å². The molecular formula is C25H21NO2S. The first-order valence-corrected chi connectivity index (χ1v) is 10.3. The number of carbonyl (C=O) groups excluding carboxylic acids is 1. The van der Waals surface area contributed by atoms with Crippen LogP contribution >= 0.6 is 11.8 Å². The van der Waals surface area contributed by atoms with Gasteiger partial charge in [-0.3, -0.25) is 4.79 Å². The van der Waals surface area contributed by atoms with Crippen molar-refractivity contribution in [3.05, 3.63) is 109 Å². The number of rotatable bonds is 7. The molecule has 1 aromatic heterocycles. The summed E-state index contributed by atoms with van der Waals surface area (Å²) >= 11 is 1.56. The Labute approximate surface area is 174 Å². The maximum Gasteiger partial charge on any atom is 0.164 e. The summed E-state index contributed by atoms with van der Waals surface area (Å²) in [6.45, 7) is 0. The Kier molecular flexibility index (Phi) is 5.82. The zero-order chi connectivity index (χ0) is 20.1. The molecule has 29 heavy (non-hydrogen) atoms. The molecule has 0 unspecified atom stereocenters. The van der Waals surface area contributed by atoms with E-state index in [4.69, 9.17) is 10.2 Å². The molecule has 2 N–H and O–H groups in total. The van der Waals surface area contributed by atoms with Crippen LogP contribution in [0.5, 0.6) is 0 Å². The summed E-state index contributed by atoms with van der Waals surface area (Å²) in [7, 11) is 0. The number of ketones is 1. The van der Waals surface area contributed by atoms with Gasteiger partial charge in [-0.25, -0.2) is 0 Å². The van der Waals surface area contributed by atoms with Crippen LogP contribution in [0.4, 0.5) is 5.69 Å². The zero-order valence-corrected chi connectivity index (χ0v) is 16.6. The number of hydrogen-bond donors (Lipinski definition) is 1. The molecule has 0 amide bonds. The predicted molar refractivity (Wildman–Crippen MR) is 119 cm³/mol. The molecule has 0 fully saturated rings. The first kappa shape index (κ1) is 19.1. The molecule has 0 aliphatic heterocycles. The molecule has 1 heterocycles. The molecule has 0 spiro atoms. The monoisotopic (exact) mass is 399 g/mol. The molecule has 0 aliphatic carbocycles. The molecule has 0 saturated heterocycles. The van der Waals surface area contributed by atoms with E-state index in [1.54, 1.807) is 18.0 Å². The third-order valence-electron chi connectivity index (χ3n) is 4.73. The Bertz CT molecular complexity index is 1070. The van der Waals surface area contributed by atoms with Crippen LogP contribution in [0.15, 0.2) is 107 Å². The number of anilines is 1. The number of hydrogen-bond acceptors (Lipinski definition) is 4. The van der Waals surface area contributed by atoms with Gasteiger partial charge in [0.1, 0.15) is 5.76 Å². The van der Waals surface area contributed by atoms with Gasteiger partial charge in [0, 0.05) is 22.6 Å².